The van der Waals surface area contributed by atoms with Crippen molar-refractivity contribution in [3.05, 3.63) is 59.7 Å². The van der Waals surface area contributed by atoms with E-state index in [1.165, 1.54) is 16.0 Å². The minimum absolute atomic E-state index is 0.0292. The van der Waals surface area contributed by atoms with Crippen LogP contribution in [0.4, 0.5) is 4.79 Å². The van der Waals surface area contributed by atoms with Gasteiger partial charge in [-0.25, -0.2) is 4.79 Å². The summed E-state index contributed by atoms with van der Waals surface area (Å²) in [5, 5.41) is 9.29. The van der Waals surface area contributed by atoms with Gasteiger partial charge in [-0.05, 0) is 49.4 Å². The lowest BCUT2D eigenvalue weighted by Crippen LogP contribution is -2.38. The van der Waals surface area contributed by atoms with E-state index in [0.29, 0.717) is 13.0 Å². The number of nitrogens with zero attached hydrogens (tertiary/aromatic N) is 1. The van der Waals surface area contributed by atoms with Crippen LogP contribution in [0.3, 0.4) is 0 Å². The third-order valence-electron chi connectivity index (χ3n) is 5.88. The van der Waals surface area contributed by atoms with Crippen molar-refractivity contribution in [1.82, 2.24) is 4.90 Å². The summed E-state index contributed by atoms with van der Waals surface area (Å²) < 4.78 is 11.8. The van der Waals surface area contributed by atoms with E-state index in [-0.39, 0.29) is 30.7 Å². The summed E-state index contributed by atoms with van der Waals surface area (Å²) in [5.74, 6) is -0.962. The van der Waals surface area contributed by atoms with Crippen LogP contribution >= 0.6 is 0 Å². The smallest absolute Gasteiger partial charge is 0.410 e. The van der Waals surface area contributed by atoms with Gasteiger partial charge in [-0.3, -0.25) is 4.79 Å². The maximum Gasteiger partial charge on any atom is 0.410 e. The van der Waals surface area contributed by atoms with Gasteiger partial charge in [0.2, 0.25) is 0 Å². The third kappa shape index (κ3) is 4.59. The molecular formula is C25H29NO5. The van der Waals surface area contributed by atoms with Crippen molar-refractivity contribution in [3.8, 4) is 11.1 Å². The van der Waals surface area contributed by atoms with Crippen LogP contribution in [0.2, 0.25) is 0 Å². The molecule has 1 N–H and O–H groups in total. The molecule has 0 radical (unpaired) electrons. The van der Waals surface area contributed by atoms with E-state index in [1.807, 2.05) is 45.0 Å². The van der Waals surface area contributed by atoms with Gasteiger partial charge < -0.3 is 19.5 Å². The standard InChI is InChI=1S/C25H29NO5/c1-25(2,3)31-17-12-16(13-23(27)28)26(14-17)24(29)30-15-22-20-10-6-4-8-18(20)19-9-5-7-11-21(19)22/h4-11,16-17,22H,12-15H2,1-3H3,(H,27,28). The highest BCUT2D eigenvalue weighted by atomic mass is 16.6. The number of likely N-dealkylation sites (tertiary alicyclic amines) is 1. The number of ether oxygens (including phenoxy) is 2. The van der Waals surface area contributed by atoms with Gasteiger partial charge in [-0.2, -0.15) is 0 Å². The van der Waals surface area contributed by atoms with E-state index in [0.717, 1.165) is 11.1 Å². The van der Waals surface area contributed by atoms with Crippen LogP contribution in [-0.4, -0.2) is 53.0 Å². The molecule has 1 heterocycles. The normalized spacial score (nSPS) is 20.4. The minimum atomic E-state index is -0.933. The van der Waals surface area contributed by atoms with Gasteiger partial charge in [0.15, 0.2) is 0 Å². The number of rotatable bonds is 5. The topological polar surface area (TPSA) is 76.1 Å². The zero-order valence-electron chi connectivity index (χ0n) is 18.2. The highest BCUT2D eigenvalue weighted by Gasteiger charge is 2.40. The van der Waals surface area contributed by atoms with Crippen LogP contribution in [-0.2, 0) is 14.3 Å². The number of aliphatic carboxylic acids is 1. The number of fused-ring (bicyclic) bond motifs is 3. The number of hydrogen-bond acceptors (Lipinski definition) is 4. The Hall–Kier alpha value is -2.86. The summed E-state index contributed by atoms with van der Waals surface area (Å²) in [6.45, 7) is 6.42. The van der Waals surface area contributed by atoms with Crippen LogP contribution in [0.5, 0.6) is 0 Å². The lowest BCUT2D eigenvalue weighted by Gasteiger charge is -2.25. The van der Waals surface area contributed by atoms with Crippen molar-refractivity contribution < 1.29 is 24.2 Å². The molecule has 0 aromatic heterocycles. The summed E-state index contributed by atoms with van der Waals surface area (Å²) in [6.07, 6.45) is -0.306. The summed E-state index contributed by atoms with van der Waals surface area (Å²) in [4.78, 5) is 25.8. The molecule has 0 spiro atoms. The number of carbonyl (C=O) groups excluding carboxylic acids is 1. The molecule has 1 amide bonds. The summed E-state index contributed by atoms with van der Waals surface area (Å²) in [5.41, 5.74) is 4.27. The first kappa shape index (κ1) is 21.4. The average molecular weight is 424 g/mol. The fourth-order valence-corrected chi connectivity index (χ4v) is 4.75. The van der Waals surface area contributed by atoms with Gasteiger partial charge in [-0.15, -0.1) is 0 Å². The molecule has 0 bridgehead atoms. The predicted molar refractivity (Wildman–Crippen MR) is 117 cm³/mol. The summed E-state index contributed by atoms with van der Waals surface area (Å²) >= 11 is 0. The molecule has 164 valence electrons. The molecule has 1 fully saturated rings. The molecular weight excluding hydrogens is 394 g/mol. The molecule has 0 saturated carbocycles. The molecule has 2 aromatic carbocycles. The van der Waals surface area contributed by atoms with Gasteiger partial charge in [0.25, 0.3) is 0 Å². The minimum Gasteiger partial charge on any atom is -0.481 e. The number of hydrogen-bond donors (Lipinski definition) is 1. The Kier molecular flexibility index (Phi) is 5.75. The average Bonchev–Trinajstić information content (AvgIpc) is 3.23. The van der Waals surface area contributed by atoms with Crippen molar-refractivity contribution in [2.45, 2.75) is 57.3 Å². The molecule has 31 heavy (non-hydrogen) atoms. The Balaban J connectivity index is 1.48. The predicted octanol–water partition coefficient (Wildman–Crippen LogP) is 4.67. The van der Waals surface area contributed by atoms with Crippen molar-refractivity contribution in [1.29, 1.82) is 0 Å². The van der Waals surface area contributed by atoms with E-state index < -0.39 is 18.1 Å². The fraction of sp³-hybridized carbons (Fsp3) is 0.440. The quantitative estimate of drug-likeness (QED) is 0.756. The highest BCUT2D eigenvalue weighted by Crippen LogP contribution is 2.44. The van der Waals surface area contributed by atoms with Gasteiger partial charge in [0, 0.05) is 12.0 Å². The van der Waals surface area contributed by atoms with E-state index in [4.69, 9.17) is 9.47 Å². The molecule has 1 aliphatic carbocycles. The van der Waals surface area contributed by atoms with E-state index in [1.54, 1.807) is 0 Å². The largest absolute Gasteiger partial charge is 0.481 e. The first-order chi connectivity index (χ1) is 14.7. The van der Waals surface area contributed by atoms with Crippen LogP contribution in [0.25, 0.3) is 11.1 Å². The second kappa shape index (κ2) is 8.35. The molecule has 4 rings (SSSR count). The van der Waals surface area contributed by atoms with Crippen molar-refractivity contribution in [2.24, 2.45) is 0 Å². The Morgan fingerprint density at radius 3 is 2.16 bits per heavy atom. The summed E-state index contributed by atoms with van der Waals surface area (Å²) in [6, 6.07) is 15.9. The van der Waals surface area contributed by atoms with Crippen LogP contribution in [0, 0.1) is 0 Å². The molecule has 2 atom stereocenters. The molecule has 2 aromatic rings. The van der Waals surface area contributed by atoms with Crippen molar-refractivity contribution in [3.63, 3.8) is 0 Å². The maximum absolute atomic E-state index is 13.0. The van der Waals surface area contributed by atoms with Gasteiger partial charge >= 0.3 is 12.1 Å². The van der Waals surface area contributed by atoms with E-state index in [9.17, 15) is 14.7 Å². The molecule has 1 aliphatic heterocycles. The lowest BCUT2D eigenvalue weighted by atomic mass is 9.98. The van der Waals surface area contributed by atoms with Gasteiger partial charge in [0.1, 0.15) is 6.61 Å². The second-order valence-electron chi connectivity index (χ2n) is 9.30. The Morgan fingerprint density at radius 1 is 1.03 bits per heavy atom. The monoisotopic (exact) mass is 423 g/mol. The maximum atomic E-state index is 13.0. The Bertz CT molecular complexity index is 934. The molecule has 6 nitrogen and oxygen atoms in total. The Labute approximate surface area is 182 Å². The Morgan fingerprint density at radius 2 is 1.61 bits per heavy atom. The van der Waals surface area contributed by atoms with Crippen LogP contribution < -0.4 is 0 Å². The molecule has 2 unspecified atom stereocenters. The second-order valence-corrected chi connectivity index (χ2v) is 9.30. The van der Waals surface area contributed by atoms with E-state index >= 15 is 0 Å². The summed E-state index contributed by atoms with van der Waals surface area (Å²) in [7, 11) is 0. The molecule has 2 aliphatic rings. The number of carboxylic acid groups (broad SMARTS) is 1. The van der Waals surface area contributed by atoms with E-state index in [2.05, 4.69) is 24.3 Å². The third-order valence-corrected chi connectivity index (χ3v) is 5.88. The lowest BCUT2D eigenvalue weighted by molar-refractivity contribution is -0.138. The number of benzene rings is 2. The van der Waals surface area contributed by atoms with Crippen LogP contribution in [0.15, 0.2) is 48.5 Å². The molecule has 6 heteroatoms. The first-order valence-electron chi connectivity index (χ1n) is 10.7. The van der Waals surface area contributed by atoms with Crippen LogP contribution in [0.1, 0.15) is 50.7 Å². The number of carbonyl (C=O) groups is 2. The fourth-order valence-electron chi connectivity index (χ4n) is 4.75. The molecule has 1 saturated heterocycles. The highest BCUT2D eigenvalue weighted by molar-refractivity contribution is 5.79. The van der Waals surface area contributed by atoms with Crippen molar-refractivity contribution >= 4 is 12.1 Å². The van der Waals surface area contributed by atoms with Gasteiger partial charge in [0.05, 0.1) is 24.7 Å². The zero-order chi connectivity index (χ0) is 22.2. The van der Waals surface area contributed by atoms with Gasteiger partial charge in [-0.1, -0.05) is 48.5 Å². The number of carboxylic acids is 1. The number of amides is 1. The SMILES string of the molecule is CC(C)(C)OC1CC(CC(=O)O)N(C(=O)OCC2c3ccccc3-c3ccccc32)C1. The van der Waals surface area contributed by atoms with Crippen molar-refractivity contribution in [2.75, 3.05) is 13.2 Å². The zero-order valence-corrected chi connectivity index (χ0v) is 18.2. The first-order valence-corrected chi connectivity index (χ1v) is 10.7.